The number of carbonyl (C=O) groups excluding carboxylic acids is 1. The van der Waals surface area contributed by atoms with Crippen LogP contribution >= 0.6 is 0 Å². The van der Waals surface area contributed by atoms with Gasteiger partial charge in [0.2, 0.25) is 0 Å². The molecule has 6 nitrogen and oxygen atoms in total. The molecule has 0 spiro atoms. The maximum Gasteiger partial charge on any atom is 0.251 e. The Morgan fingerprint density at radius 1 is 1.27 bits per heavy atom. The van der Waals surface area contributed by atoms with E-state index in [4.69, 9.17) is 4.98 Å². The Hall–Kier alpha value is -2.89. The number of rotatable bonds is 6. The van der Waals surface area contributed by atoms with Gasteiger partial charge in [0.1, 0.15) is 0 Å². The van der Waals surface area contributed by atoms with Gasteiger partial charge in [0.25, 0.3) is 5.91 Å². The number of hydrogen-bond donors (Lipinski definition) is 2. The van der Waals surface area contributed by atoms with Crippen LogP contribution in [-0.4, -0.2) is 32.9 Å². The Morgan fingerprint density at radius 3 is 2.73 bits per heavy atom. The van der Waals surface area contributed by atoms with Gasteiger partial charge in [-0.25, -0.2) is 9.97 Å². The SMILES string of the molecule is CC(C)CNc1nc(-c2ccc(C(=O)NC3CC3)cc2)cn2ccnc12. The summed E-state index contributed by atoms with van der Waals surface area (Å²) in [6.45, 7) is 5.15. The Labute approximate surface area is 152 Å². The molecule has 1 aromatic carbocycles. The smallest absolute Gasteiger partial charge is 0.251 e. The quantitative estimate of drug-likeness (QED) is 0.716. The third-order valence-electron chi connectivity index (χ3n) is 4.41. The standard InChI is InChI=1S/C20H23N5O/c1-13(2)11-22-18-19-21-9-10-25(19)12-17(24-18)14-3-5-15(6-4-14)20(26)23-16-7-8-16/h3-6,9-10,12-13,16H,7-8,11H2,1-2H3,(H,22,24)(H,23,26). The Bertz CT molecular complexity index is 925. The average Bonchev–Trinajstić information content (AvgIpc) is 3.32. The van der Waals surface area contributed by atoms with Crippen LogP contribution in [0.25, 0.3) is 16.9 Å². The van der Waals surface area contributed by atoms with Gasteiger partial charge in [-0.3, -0.25) is 4.79 Å². The molecule has 1 amide bonds. The Balaban J connectivity index is 1.61. The Kier molecular flexibility index (Phi) is 4.32. The first-order valence-electron chi connectivity index (χ1n) is 9.09. The number of amides is 1. The molecular formula is C20H23N5O. The van der Waals surface area contributed by atoms with Crippen LogP contribution in [0, 0.1) is 5.92 Å². The monoisotopic (exact) mass is 349 g/mol. The third kappa shape index (κ3) is 3.54. The summed E-state index contributed by atoms with van der Waals surface area (Å²) in [6, 6.07) is 7.96. The number of fused-ring (bicyclic) bond motifs is 1. The second-order valence-corrected chi connectivity index (χ2v) is 7.23. The molecule has 0 bridgehead atoms. The van der Waals surface area contributed by atoms with Gasteiger partial charge in [-0.15, -0.1) is 0 Å². The van der Waals surface area contributed by atoms with Crippen molar-refractivity contribution in [2.24, 2.45) is 5.92 Å². The summed E-state index contributed by atoms with van der Waals surface area (Å²) in [5.74, 6) is 1.29. The summed E-state index contributed by atoms with van der Waals surface area (Å²) < 4.78 is 1.97. The fraction of sp³-hybridized carbons (Fsp3) is 0.350. The molecule has 0 atom stereocenters. The minimum absolute atomic E-state index is 0.00337. The summed E-state index contributed by atoms with van der Waals surface area (Å²) in [4.78, 5) is 21.3. The van der Waals surface area contributed by atoms with Crippen molar-refractivity contribution in [2.45, 2.75) is 32.7 Å². The van der Waals surface area contributed by atoms with E-state index in [0.717, 1.165) is 42.1 Å². The summed E-state index contributed by atoms with van der Waals surface area (Å²) in [7, 11) is 0. The van der Waals surface area contributed by atoms with Crippen LogP contribution in [-0.2, 0) is 0 Å². The molecule has 134 valence electrons. The molecule has 4 rings (SSSR count). The van der Waals surface area contributed by atoms with Crippen molar-refractivity contribution < 1.29 is 4.79 Å². The van der Waals surface area contributed by atoms with Crippen LogP contribution in [0.3, 0.4) is 0 Å². The van der Waals surface area contributed by atoms with E-state index in [1.165, 1.54) is 0 Å². The van der Waals surface area contributed by atoms with Crippen LogP contribution in [0.2, 0.25) is 0 Å². The van der Waals surface area contributed by atoms with E-state index >= 15 is 0 Å². The maximum absolute atomic E-state index is 12.1. The first-order valence-corrected chi connectivity index (χ1v) is 9.09. The number of aromatic nitrogens is 3. The van der Waals surface area contributed by atoms with Gasteiger partial charge >= 0.3 is 0 Å². The molecular weight excluding hydrogens is 326 g/mol. The minimum atomic E-state index is -0.00337. The summed E-state index contributed by atoms with van der Waals surface area (Å²) >= 11 is 0. The number of carbonyl (C=O) groups is 1. The number of benzene rings is 1. The van der Waals surface area contributed by atoms with E-state index in [2.05, 4.69) is 29.5 Å². The number of imidazole rings is 1. The molecule has 6 heteroatoms. The van der Waals surface area contributed by atoms with Crippen molar-refractivity contribution in [3.63, 3.8) is 0 Å². The molecule has 26 heavy (non-hydrogen) atoms. The summed E-state index contributed by atoms with van der Waals surface area (Å²) in [5, 5.41) is 6.39. The molecule has 2 N–H and O–H groups in total. The van der Waals surface area contributed by atoms with Crippen molar-refractivity contribution in [3.05, 3.63) is 48.4 Å². The molecule has 1 saturated carbocycles. The van der Waals surface area contributed by atoms with E-state index in [1.54, 1.807) is 6.20 Å². The highest BCUT2D eigenvalue weighted by Gasteiger charge is 2.23. The van der Waals surface area contributed by atoms with E-state index in [9.17, 15) is 4.79 Å². The minimum Gasteiger partial charge on any atom is -0.367 e. The predicted molar refractivity (Wildman–Crippen MR) is 102 cm³/mol. The molecule has 2 aromatic heterocycles. The van der Waals surface area contributed by atoms with Gasteiger partial charge in [0, 0.05) is 42.3 Å². The first-order chi connectivity index (χ1) is 12.6. The van der Waals surface area contributed by atoms with E-state index in [1.807, 2.05) is 41.1 Å². The van der Waals surface area contributed by atoms with Gasteiger partial charge in [0.15, 0.2) is 11.5 Å². The molecule has 1 aliphatic rings. The normalized spacial score (nSPS) is 14.0. The first kappa shape index (κ1) is 16.6. The van der Waals surface area contributed by atoms with Crippen molar-refractivity contribution in [1.82, 2.24) is 19.7 Å². The van der Waals surface area contributed by atoms with Gasteiger partial charge < -0.3 is 15.0 Å². The lowest BCUT2D eigenvalue weighted by Gasteiger charge is -2.11. The largest absolute Gasteiger partial charge is 0.367 e. The van der Waals surface area contributed by atoms with Gasteiger partial charge in [-0.1, -0.05) is 26.0 Å². The lowest BCUT2D eigenvalue weighted by Crippen LogP contribution is -2.25. The zero-order valence-electron chi connectivity index (χ0n) is 15.1. The maximum atomic E-state index is 12.1. The molecule has 0 radical (unpaired) electrons. The second kappa shape index (κ2) is 6.78. The van der Waals surface area contributed by atoms with E-state index in [-0.39, 0.29) is 5.91 Å². The molecule has 3 aromatic rings. The van der Waals surface area contributed by atoms with E-state index < -0.39 is 0 Å². The molecule has 0 aliphatic heterocycles. The highest BCUT2D eigenvalue weighted by atomic mass is 16.1. The lowest BCUT2D eigenvalue weighted by molar-refractivity contribution is 0.0951. The molecule has 1 fully saturated rings. The molecule has 0 saturated heterocycles. The number of hydrogen-bond acceptors (Lipinski definition) is 4. The van der Waals surface area contributed by atoms with Crippen molar-refractivity contribution in [1.29, 1.82) is 0 Å². The van der Waals surface area contributed by atoms with Crippen LogP contribution in [0.5, 0.6) is 0 Å². The van der Waals surface area contributed by atoms with Crippen LogP contribution < -0.4 is 10.6 Å². The second-order valence-electron chi connectivity index (χ2n) is 7.23. The summed E-state index contributed by atoms with van der Waals surface area (Å²) in [5.41, 5.74) is 3.31. The lowest BCUT2D eigenvalue weighted by atomic mass is 10.1. The zero-order chi connectivity index (χ0) is 18.1. The molecule has 1 aliphatic carbocycles. The van der Waals surface area contributed by atoms with Gasteiger partial charge in [0.05, 0.1) is 5.69 Å². The average molecular weight is 349 g/mol. The molecule has 2 heterocycles. The predicted octanol–water partition coefficient (Wildman–Crippen LogP) is 3.36. The van der Waals surface area contributed by atoms with Crippen molar-refractivity contribution in [2.75, 3.05) is 11.9 Å². The number of nitrogens with zero attached hydrogens (tertiary/aromatic N) is 3. The third-order valence-corrected chi connectivity index (χ3v) is 4.41. The molecule has 0 unspecified atom stereocenters. The summed E-state index contributed by atoms with van der Waals surface area (Å²) in [6.07, 6.45) is 7.82. The van der Waals surface area contributed by atoms with E-state index in [0.29, 0.717) is 17.5 Å². The Morgan fingerprint density at radius 2 is 2.04 bits per heavy atom. The highest BCUT2D eigenvalue weighted by Crippen LogP contribution is 2.23. The number of nitrogens with one attached hydrogen (secondary N) is 2. The fourth-order valence-corrected chi connectivity index (χ4v) is 2.78. The number of anilines is 1. The van der Waals surface area contributed by atoms with Gasteiger partial charge in [-0.2, -0.15) is 0 Å². The van der Waals surface area contributed by atoms with Crippen LogP contribution in [0.15, 0.2) is 42.9 Å². The fourth-order valence-electron chi connectivity index (χ4n) is 2.78. The zero-order valence-corrected chi connectivity index (χ0v) is 15.1. The van der Waals surface area contributed by atoms with Crippen LogP contribution in [0.1, 0.15) is 37.0 Å². The highest BCUT2D eigenvalue weighted by molar-refractivity contribution is 5.95. The van der Waals surface area contributed by atoms with Crippen LogP contribution in [0.4, 0.5) is 5.82 Å². The van der Waals surface area contributed by atoms with Crippen molar-refractivity contribution in [3.8, 4) is 11.3 Å². The van der Waals surface area contributed by atoms with Gasteiger partial charge in [-0.05, 0) is 30.9 Å². The van der Waals surface area contributed by atoms with Crippen molar-refractivity contribution >= 4 is 17.4 Å². The topological polar surface area (TPSA) is 71.3 Å².